The van der Waals surface area contributed by atoms with E-state index in [9.17, 15) is 18.0 Å². The van der Waals surface area contributed by atoms with Crippen LogP contribution in [0.1, 0.15) is 48.1 Å². The van der Waals surface area contributed by atoms with Gasteiger partial charge in [-0.3, -0.25) is 13.9 Å². The molecule has 47 heavy (non-hydrogen) atoms. The molecule has 0 saturated heterocycles. The lowest BCUT2D eigenvalue weighted by Gasteiger charge is -2.34. The number of aryl methyl sites for hydroxylation is 3. The minimum atomic E-state index is -4.20. The van der Waals surface area contributed by atoms with Crippen LogP contribution in [0, 0.1) is 20.8 Å². The van der Waals surface area contributed by atoms with Crippen molar-refractivity contribution in [1.82, 2.24) is 10.2 Å². The summed E-state index contributed by atoms with van der Waals surface area (Å²) in [7, 11) is -4.20. The number of carbonyl (C=O) groups excluding carboxylic acids is 2. The molecule has 4 aromatic rings. The molecule has 7 nitrogen and oxygen atoms in total. The van der Waals surface area contributed by atoms with Crippen LogP contribution in [0.3, 0.4) is 0 Å². The Morgan fingerprint density at radius 2 is 1.47 bits per heavy atom. The van der Waals surface area contributed by atoms with E-state index < -0.39 is 28.5 Å². The summed E-state index contributed by atoms with van der Waals surface area (Å²) in [4.78, 5) is 30.2. The zero-order valence-electron chi connectivity index (χ0n) is 27.3. The SMILES string of the molecule is CC[C@H](C)NC(=O)[C@@H](Cc1ccccc1)N(Cc1ccc(Cl)c(Cl)c1)C(=O)CN(c1ccc(C)cc1C)S(=O)(=O)c1ccc(C)cc1. The lowest BCUT2D eigenvalue weighted by molar-refractivity contribution is -0.140. The second kappa shape index (κ2) is 15.8. The average Bonchev–Trinajstić information content (AvgIpc) is 3.04. The molecule has 2 amide bonds. The van der Waals surface area contributed by atoms with Crippen molar-refractivity contribution in [3.63, 3.8) is 0 Å². The molecule has 0 aliphatic carbocycles. The first-order valence-corrected chi connectivity index (χ1v) is 17.7. The minimum absolute atomic E-state index is 0.00749. The highest BCUT2D eigenvalue weighted by molar-refractivity contribution is 7.92. The minimum Gasteiger partial charge on any atom is -0.352 e. The molecule has 4 aromatic carbocycles. The number of sulfonamides is 1. The fourth-order valence-corrected chi connectivity index (χ4v) is 7.07. The van der Waals surface area contributed by atoms with Crippen LogP contribution in [0.25, 0.3) is 0 Å². The number of hydrogen-bond donors (Lipinski definition) is 1. The van der Waals surface area contributed by atoms with E-state index in [4.69, 9.17) is 23.2 Å². The quantitative estimate of drug-likeness (QED) is 0.156. The summed E-state index contributed by atoms with van der Waals surface area (Å²) in [5.41, 5.74) is 4.42. The van der Waals surface area contributed by atoms with E-state index in [0.29, 0.717) is 33.3 Å². The third-order valence-corrected chi connectivity index (χ3v) is 10.6. The number of hydrogen-bond acceptors (Lipinski definition) is 4. The largest absolute Gasteiger partial charge is 0.352 e. The second-order valence-electron chi connectivity index (χ2n) is 11.9. The molecule has 0 radical (unpaired) electrons. The molecule has 4 rings (SSSR count). The van der Waals surface area contributed by atoms with Crippen LogP contribution in [0.4, 0.5) is 5.69 Å². The highest BCUT2D eigenvalue weighted by atomic mass is 35.5. The van der Waals surface area contributed by atoms with Gasteiger partial charge in [-0.05, 0) is 81.1 Å². The standard InChI is InChI=1S/C37H41Cl2N3O4S/c1-6-28(5)40-37(44)35(22-29-10-8-7-9-11-29)41(23-30-15-18-32(38)33(39)21-30)36(43)24-42(34-19-14-26(3)20-27(34)4)47(45,46)31-16-12-25(2)13-17-31/h7-21,28,35H,6,22-24H2,1-5H3,(H,40,44)/t28-,35+/m0/s1. The molecule has 0 bridgehead atoms. The van der Waals surface area contributed by atoms with E-state index in [0.717, 1.165) is 21.0 Å². The zero-order chi connectivity index (χ0) is 34.3. The zero-order valence-corrected chi connectivity index (χ0v) is 29.7. The molecule has 0 aliphatic heterocycles. The Hall–Kier alpha value is -3.85. The number of rotatable bonds is 13. The topological polar surface area (TPSA) is 86.8 Å². The summed E-state index contributed by atoms with van der Waals surface area (Å²) in [6.07, 6.45) is 0.907. The summed E-state index contributed by atoms with van der Waals surface area (Å²) in [6, 6.07) is 25.3. The van der Waals surface area contributed by atoms with Crippen LogP contribution in [0.2, 0.25) is 10.0 Å². The highest BCUT2D eigenvalue weighted by Crippen LogP contribution is 2.29. The van der Waals surface area contributed by atoms with Gasteiger partial charge in [0.05, 0.1) is 20.6 Å². The smallest absolute Gasteiger partial charge is 0.264 e. The van der Waals surface area contributed by atoms with Gasteiger partial charge in [0.2, 0.25) is 11.8 Å². The van der Waals surface area contributed by atoms with Crippen molar-refractivity contribution in [2.45, 2.75) is 71.0 Å². The van der Waals surface area contributed by atoms with Gasteiger partial charge in [0.25, 0.3) is 10.0 Å². The third-order valence-electron chi connectivity index (χ3n) is 8.12. The third kappa shape index (κ3) is 9.15. The molecular weight excluding hydrogens is 653 g/mol. The molecule has 0 spiro atoms. The Labute approximate surface area is 288 Å². The van der Waals surface area contributed by atoms with Crippen LogP contribution in [0.5, 0.6) is 0 Å². The average molecular weight is 695 g/mol. The highest BCUT2D eigenvalue weighted by Gasteiger charge is 2.35. The summed E-state index contributed by atoms with van der Waals surface area (Å²) in [5.74, 6) is -0.886. The molecular formula is C37H41Cl2N3O4S. The monoisotopic (exact) mass is 693 g/mol. The first-order chi connectivity index (χ1) is 22.3. The Morgan fingerprint density at radius 3 is 2.09 bits per heavy atom. The van der Waals surface area contributed by atoms with Crippen molar-refractivity contribution < 1.29 is 18.0 Å². The van der Waals surface area contributed by atoms with Gasteiger partial charge in [-0.1, -0.05) is 102 Å². The second-order valence-corrected chi connectivity index (χ2v) is 14.6. The molecule has 10 heteroatoms. The Kier molecular flexibility index (Phi) is 12.1. The molecule has 2 atom stereocenters. The van der Waals surface area contributed by atoms with Crippen molar-refractivity contribution in [3.8, 4) is 0 Å². The lowest BCUT2D eigenvalue weighted by Crippen LogP contribution is -2.54. The Morgan fingerprint density at radius 1 is 0.809 bits per heavy atom. The summed E-state index contributed by atoms with van der Waals surface area (Å²) in [5, 5.41) is 3.70. The molecule has 0 fully saturated rings. The maximum Gasteiger partial charge on any atom is 0.264 e. The molecule has 1 N–H and O–H groups in total. The predicted molar refractivity (Wildman–Crippen MR) is 190 cm³/mol. The van der Waals surface area contributed by atoms with Gasteiger partial charge in [-0.2, -0.15) is 0 Å². The number of carbonyl (C=O) groups is 2. The van der Waals surface area contributed by atoms with E-state index >= 15 is 0 Å². The molecule has 0 aromatic heterocycles. The number of amides is 2. The number of halogens is 2. The van der Waals surface area contributed by atoms with Crippen molar-refractivity contribution >= 4 is 50.7 Å². The first kappa shape index (κ1) is 36.0. The van der Waals surface area contributed by atoms with Gasteiger partial charge in [0, 0.05) is 19.0 Å². The normalized spacial score (nSPS) is 12.7. The van der Waals surface area contributed by atoms with E-state index in [1.54, 1.807) is 36.4 Å². The number of nitrogens with zero attached hydrogens (tertiary/aromatic N) is 2. The summed E-state index contributed by atoms with van der Waals surface area (Å²) >= 11 is 12.6. The van der Waals surface area contributed by atoms with E-state index in [1.165, 1.54) is 17.0 Å². The summed E-state index contributed by atoms with van der Waals surface area (Å²) in [6.45, 7) is 8.93. The molecule has 248 valence electrons. The molecule has 0 unspecified atom stereocenters. The van der Waals surface area contributed by atoms with Crippen molar-refractivity contribution in [2.75, 3.05) is 10.8 Å². The predicted octanol–water partition coefficient (Wildman–Crippen LogP) is 7.67. The Bertz CT molecular complexity index is 1820. The van der Waals surface area contributed by atoms with Crippen molar-refractivity contribution in [2.24, 2.45) is 0 Å². The van der Waals surface area contributed by atoms with Gasteiger partial charge < -0.3 is 10.2 Å². The van der Waals surface area contributed by atoms with Crippen LogP contribution in [-0.4, -0.2) is 43.8 Å². The summed E-state index contributed by atoms with van der Waals surface area (Å²) < 4.78 is 29.7. The van der Waals surface area contributed by atoms with Crippen LogP contribution >= 0.6 is 23.2 Å². The number of nitrogens with one attached hydrogen (secondary N) is 1. The number of benzene rings is 4. The van der Waals surface area contributed by atoms with E-state index in [2.05, 4.69) is 5.32 Å². The number of anilines is 1. The van der Waals surface area contributed by atoms with Crippen molar-refractivity contribution in [1.29, 1.82) is 0 Å². The van der Waals surface area contributed by atoms with E-state index in [-0.39, 0.29) is 29.8 Å². The van der Waals surface area contributed by atoms with Gasteiger partial charge >= 0.3 is 0 Å². The maximum absolute atomic E-state index is 14.7. The maximum atomic E-state index is 14.7. The van der Waals surface area contributed by atoms with Gasteiger partial charge in [-0.25, -0.2) is 8.42 Å². The van der Waals surface area contributed by atoms with Gasteiger partial charge in [-0.15, -0.1) is 0 Å². The Balaban J connectivity index is 1.85. The van der Waals surface area contributed by atoms with Crippen LogP contribution < -0.4 is 9.62 Å². The van der Waals surface area contributed by atoms with Crippen molar-refractivity contribution in [3.05, 3.63) is 129 Å². The van der Waals surface area contributed by atoms with E-state index in [1.807, 2.05) is 77.1 Å². The van der Waals surface area contributed by atoms with Crippen LogP contribution in [-0.2, 0) is 32.6 Å². The van der Waals surface area contributed by atoms with Gasteiger partial charge in [0.1, 0.15) is 12.6 Å². The van der Waals surface area contributed by atoms with Gasteiger partial charge in [0.15, 0.2) is 0 Å². The van der Waals surface area contributed by atoms with Crippen LogP contribution in [0.15, 0.2) is 95.9 Å². The molecule has 0 aliphatic rings. The fraction of sp³-hybridized carbons (Fsp3) is 0.297. The molecule has 0 saturated carbocycles. The molecule has 0 heterocycles. The first-order valence-electron chi connectivity index (χ1n) is 15.5. The lowest BCUT2D eigenvalue weighted by atomic mass is 10.0. The fourth-order valence-electron chi connectivity index (χ4n) is 5.27.